The van der Waals surface area contributed by atoms with Crippen molar-refractivity contribution in [1.29, 1.82) is 0 Å². The number of aliphatic carboxylic acids is 1. The molecule has 198 valence electrons. The molecule has 1 amide bonds. The van der Waals surface area contributed by atoms with Crippen LogP contribution in [0.3, 0.4) is 0 Å². The van der Waals surface area contributed by atoms with Crippen LogP contribution >= 0.6 is 0 Å². The predicted octanol–water partition coefficient (Wildman–Crippen LogP) is 3.49. The van der Waals surface area contributed by atoms with Crippen molar-refractivity contribution in [2.75, 3.05) is 26.3 Å². The number of imidazole rings is 1. The Hall–Kier alpha value is -4.52. The van der Waals surface area contributed by atoms with E-state index in [9.17, 15) is 18.0 Å². The van der Waals surface area contributed by atoms with E-state index in [1.807, 2.05) is 59.8 Å². The minimum atomic E-state index is -5.08. The summed E-state index contributed by atoms with van der Waals surface area (Å²) in [6.45, 7) is 2.67. The van der Waals surface area contributed by atoms with Crippen LogP contribution in [-0.2, 0) is 20.9 Å². The molecule has 38 heavy (non-hydrogen) atoms. The highest BCUT2D eigenvalue weighted by atomic mass is 19.4. The number of H-pyrrole nitrogens is 1. The summed E-state index contributed by atoms with van der Waals surface area (Å²) in [7, 11) is 0. The second-order valence-corrected chi connectivity index (χ2v) is 8.16. The molecule has 0 spiro atoms. The van der Waals surface area contributed by atoms with Crippen LogP contribution in [-0.4, -0.2) is 79.1 Å². The number of pyridine rings is 1. The van der Waals surface area contributed by atoms with Crippen LogP contribution in [0.4, 0.5) is 13.2 Å². The molecular weight excluding hydrogens is 505 g/mol. The number of carboxylic acid groups (broad SMARTS) is 1. The first-order valence-corrected chi connectivity index (χ1v) is 11.5. The van der Waals surface area contributed by atoms with Crippen molar-refractivity contribution in [2.45, 2.75) is 12.7 Å². The van der Waals surface area contributed by atoms with E-state index in [-0.39, 0.29) is 12.5 Å². The zero-order chi connectivity index (χ0) is 27.1. The fourth-order valence-corrected chi connectivity index (χ4v) is 3.61. The average Bonchev–Trinajstić information content (AvgIpc) is 3.60. The van der Waals surface area contributed by atoms with Crippen molar-refractivity contribution >= 4 is 11.9 Å². The van der Waals surface area contributed by atoms with Gasteiger partial charge in [-0.15, -0.1) is 0 Å². The molecule has 0 atom stereocenters. The van der Waals surface area contributed by atoms with E-state index in [4.69, 9.17) is 14.6 Å². The SMILES string of the molecule is O=C(Cn1cc(-c2ccnc(-c3ncc(-c4ccccc4)[nH]3)c2)cn1)N1CCOCC1.O=C(O)C(F)(F)F. The number of nitrogens with one attached hydrogen (secondary N) is 1. The molecule has 0 radical (unpaired) electrons. The summed E-state index contributed by atoms with van der Waals surface area (Å²) in [5.41, 5.74) is 4.65. The van der Waals surface area contributed by atoms with Gasteiger partial charge in [0.25, 0.3) is 0 Å². The van der Waals surface area contributed by atoms with Gasteiger partial charge in [0.15, 0.2) is 5.82 Å². The maximum absolute atomic E-state index is 12.5. The standard InChI is InChI=1S/C23H22N6O2.C2HF3O2/c30-22(28-8-10-31-11-9-28)16-29-15-19(13-26-29)18-6-7-24-20(12-18)23-25-14-21(27-23)17-4-2-1-3-5-17;3-2(4,5)1(6)7/h1-7,12-15H,8-11,16H2,(H,25,27);(H,6,7). The summed E-state index contributed by atoms with van der Waals surface area (Å²) < 4.78 is 38.7. The van der Waals surface area contributed by atoms with E-state index >= 15 is 0 Å². The van der Waals surface area contributed by atoms with Crippen LogP contribution in [0.5, 0.6) is 0 Å². The molecule has 1 aliphatic heterocycles. The Morgan fingerprint density at radius 3 is 2.39 bits per heavy atom. The first-order chi connectivity index (χ1) is 18.2. The number of morpholine rings is 1. The topological polar surface area (TPSA) is 126 Å². The summed E-state index contributed by atoms with van der Waals surface area (Å²) in [4.78, 5) is 35.5. The van der Waals surface area contributed by atoms with Gasteiger partial charge in [-0.25, -0.2) is 9.78 Å². The molecule has 1 aromatic carbocycles. The molecule has 1 saturated heterocycles. The molecule has 10 nitrogen and oxygen atoms in total. The van der Waals surface area contributed by atoms with Crippen molar-refractivity contribution in [1.82, 2.24) is 29.6 Å². The molecule has 13 heteroatoms. The number of alkyl halides is 3. The minimum Gasteiger partial charge on any atom is -0.475 e. The Bertz CT molecular complexity index is 1380. The van der Waals surface area contributed by atoms with Crippen LogP contribution in [0.15, 0.2) is 67.3 Å². The number of hydrogen-bond acceptors (Lipinski definition) is 6. The molecule has 1 aliphatic rings. The number of benzene rings is 1. The maximum atomic E-state index is 12.5. The average molecular weight is 528 g/mol. The Morgan fingerprint density at radius 1 is 1.00 bits per heavy atom. The first kappa shape index (κ1) is 26.5. The van der Waals surface area contributed by atoms with E-state index in [0.29, 0.717) is 32.1 Å². The fraction of sp³-hybridized carbons (Fsp3) is 0.240. The van der Waals surface area contributed by atoms with E-state index in [2.05, 4.69) is 20.1 Å². The third kappa shape index (κ3) is 6.82. The van der Waals surface area contributed by atoms with Crippen molar-refractivity contribution in [3.8, 4) is 33.9 Å². The number of carbonyl (C=O) groups excluding carboxylic acids is 1. The summed E-state index contributed by atoms with van der Waals surface area (Å²) >= 11 is 0. The van der Waals surface area contributed by atoms with Gasteiger partial charge in [0.05, 0.1) is 31.3 Å². The van der Waals surface area contributed by atoms with Crippen molar-refractivity contribution in [3.05, 3.63) is 67.3 Å². The molecule has 0 bridgehead atoms. The van der Waals surface area contributed by atoms with Crippen LogP contribution in [0.1, 0.15) is 0 Å². The van der Waals surface area contributed by atoms with Crippen LogP contribution < -0.4 is 0 Å². The lowest BCUT2D eigenvalue weighted by Crippen LogP contribution is -2.42. The van der Waals surface area contributed by atoms with Gasteiger partial charge in [-0.1, -0.05) is 30.3 Å². The maximum Gasteiger partial charge on any atom is 0.490 e. The van der Waals surface area contributed by atoms with Gasteiger partial charge in [0.2, 0.25) is 5.91 Å². The summed E-state index contributed by atoms with van der Waals surface area (Å²) in [5, 5.41) is 11.5. The number of ether oxygens (including phenoxy) is 1. The summed E-state index contributed by atoms with van der Waals surface area (Å²) in [6.07, 6.45) is 2.14. The number of carbonyl (C=O) groups is 2. The number of rotatable bonds is 5. The first-order valence-electron chi connectivity index (χ1n) is 11.5. The van der Waals surface area contributed by atoms with E-state index in [1.165, 1.54) is 0 Å². The monoisotopic (exact) mass is 528 g/mol. The molecule has 0 saturated carbocycles. The van der Waals surface area contributed by atoms with Crippen molar-refractivity contribution < 1.29 is 32.6 Å². The van der Waals surface area contributed by atoms with E-state index in [1.54, 1.807) is 17.1 Å². The van der Waals surface area contributed by atoms with Gasteiger partial charge < -0.3 is 19.7 Å². The number of hydrogen-bond donors (Lipinski definition) is 2. The number of aromatic amines is 1. The lowest BCUT2D eigenvalue weighted by atomic mass is 10.1. The third-order valence-corrected chi connectivity index (χ3v) is 5.53. The molecule has 3 aromatic heterocycles. The number of aromatic nitrogens is 5. The Morgan fingerprint density at radius 2 is 1.71 bits per heavy atom. The molecular formula is C25H23F3N6O4. The zero-order valence-electron chi connectivity index (χ0n) is 19.9. The van der Waals surface area contributed by atoms with Crippen LogP contribution in [0, 0.1) is 0 Å². The molecule has 0 unspecified atom stereocenters. The molecule has 5 rings (SSSR count). The number of nitrogens with zero attached hydrogens (tertiary/aromatic N) is 5. The van der Waals surface area contributed by atoms with E-state index < -0.39 is 12.1 Å². The fourth-order valence-electron chi connectivity index (χ4n) is 3.61. The highest BCUT2D eigenvalue weighted by molar-refractivity contribution is 5.76. The smallest absolute Gasteiger partial charge is 0.475 e. The van der Waals surface area contributed by atoms with E-state index in [0.717, 1.165) is 28.1 Å². The largest absolute Gasteiger partial charge is 0.490 e. The molecule has 4 aromatic rings. The normalized spacial score (nSPS) is 13.5. The second kappa shape index (κ2) is 11.7. The highest BCUT2D eigenvalue weighted by Gasteiger charge is 2.38. The lowest BCUT2D eigenvalue weighted by molar-refractivity contribution is -0.192. The van der Waals surface area contributed by atoms with Gasteiger partial charge in [-0.3, -0.25) is 14.5 Å². The lowest BCUT2D eigenvalue weighted by Gasteiger charge is -2.26. The molecule has 0 aliphatic carbocycles. The van der Waals surface area contributed by atoms with Crippen LogP contribution in [0.25, 0.3) is 33.9 Å². The number of halogens is 3. The number of amides is 1. The highest BCUT2D eigenvalue weighted by Crippen LogP contribution is 2.25. The zero-order valence-corrected chi connectivity index (χ0v) is 19.9. The Balaban J connectivity index is 0.000000426. The second-order valence-electron chi connectivity index (χ2n) is 8.16. The minimum absolute atomic E-state index is 0.0531. The molecule has 2 N–H and O–H groups in total. The van der Waals surface area contributed by atoms with Gasteiger partial charge in [-0.2, -0.15) is 18.3 Å². The van der Waals surface area contributed by atoms with Crippen molar-refractivity contribution in [3.63, 3.8) is 0 Å². The van der Waals surface area contributed by atoms with Gasteiger partial charge in [-0.05, 0) is 23.3 Å². The van der Waals surface area contributed by atoms with Gasteiger partial charge >= 0.3 is 12.1 Å². The number of carboxylic acids is 1. The quantitative estimate of drug-likeness (QED) is 0.406. The summed E-state index contributed by atoms with van der Waals surface area (Å²) in [6, 6.07) is 13.9. The Kier molecular flexibility index (Phi) is 8.16. The van der Waals surface area contributed by atoms with Gasteiger partial charge in [0, 0.05) is 31.0 Å². The van der Waals surface area contributed by atoms with Gasteiger partial charge in [0.1, 0.15) is 12.2 Å². The predicted molar refractivity (Wildman–Crippen MR) is 130 cm³/mol. The third-order valence-electron chi connectivity index (χ3n) is 5.53. The Labute approximate surface area is 214 Å². The molecule has 4 heterocycles. The van der Waals surface area contributed by atoms with Crippen molar-refractivity contribution in [2.24, 2.45) is 0 Å². The summed E-state index contributed by atoms with van der Waals surface area (Å²) in [5.74, 6) is -2.00. The van der Waals surface area contributed by atoms with Crippen LogP contribution in [0.2, 0.25) is 0 Å². The molecule has 1 fully saturated rings.